The lowest BCUT2D eigenvalue weighted by molar-refractivity contribution is -0.899. The van der Waals surface area contributed by atoms with Crippen LogP contribution in [0.2, 0.25) is 4.34 Å². The lowest BCUT2D eigenvalue weighted by Crippen LogP contribution is -3.11. The summed E-state index contributed by atoms with van der Waals surface area (Å²) in [5.74, 6) is 0.661. The second-order valence-electron chi connectivity index (χ2n) is 6.16. The highest BCUT2D eigenvalue weighted by molar-refractivity contribution is 7.16. The van der Waals surface area contributed by atoms with Crippen LogP contribution in [0.1, 0.15) is 22.2 Å². The molecule has 0 radical (unpaired) electrons. The number of Topliss-reactive ketones (excluding diaryl/α,β-unsaturated/α-hetero) is 1. The molecule has 8 heteroatoms. The van der Waals surface area contributed by atoms with Crippen molar-refractivity contribution in [2.75, 3.05) is 25.2 Å². The molecule has 1 amide bonds. The van der Waals surface area contributed by atoms with Crippen molar-refractivity contribution in [3.63, 3.8) is 0 Å². The average molecular weight is 408 g/mol. The van der Waals surface area contributed by atoms with Gasteiger partial charge in [-0.25, -0.2) is 0 Å². The summed E-state index contributed by atoms with van der Waals surface area (Å²) in [5.41, 5.74) is 0.816. The van der Waals surface area contributed by atoms with Crippen LogP contribution in [-0.4, -0.2) is 31.6 Å². The van der Waals surface area contributed by atoms with E-state index < -0.39 is 0 Å². The summed E-state index contributed by atoms with van der Waals surface area (Å²) in [7, 11) is 0. The number of thiophene rings is 1. The van der Waals surface area contributed by atoms with E-state index in [9.17, 15) is 9.59 Å². The van der Waals surface area contributed by atoms with Gasteiger partial charge >= 0.3 is 0 Å². The van der Waals surface area contributed by atoms with Crippen LogP contribution in [0.3, 0.4) is 0 Å². The maximum Gasteiger partial charge on any atom is 0.279 e. The SMILES string of the molecule is C=CC[NH+](CC(=O)Nc1cc2c(cc1C(C)=O)OCO2)Cc1ccc(Cl)s1. The summed E-state index contributed by atoms with van der Waals surface area (Å²) in [6, 6.07) is 7.03. The lowest BCUT2D eigenvalue weighted by Gasteiger charge is -2.17. The molecule has 0 saturated carbocycles. The minimum atomic E-state index is -0.198. The Hall–Kier alpha value is -2.35. The third-order valence-corrected chi connectivity index (χ3v) is 5.29. The zero-order chi connectivity index (χ0) is 19.4. The first-order valence-electron chi connectivity index (χ1n) is 8.39. The molecule has 1 aliphatic heterocycles. The average Bonchev–Trinajstić information content (AvgIpc) is 3.22. The molecule has 0 bridgehead atoms. The van der Waals surface area contributed by atoms with Crippen molar-refractivity contribution in [2.24, 2.45) is 0 Å². The highest BCUT2D eigenvalue weighted by atomic mass is 35.5. The maximum atomic E-state index is 12.6. The predicted octanol–water partition coefficient (Wildman–Crippen LogP) is 2.54. The molecule has 2 heterocycles. The molecule has 27 heavy (non-hydrogen) atoms. The van der Waals surface area contributed by atoms with Gasteiger partial charge in [0.05, 0.1) is 21.4 Å². The van der Waals surface area contributed by atoms with Crippen LogP contribution in [0.15, 0.2) is 36.9 Å². The molecule has 1 aromatic heterocycles. The van der Waals surface area contributed by atoms with Crippen molar-refractivity contribution in [3.8, 4) is 11.5 Å². The fraction of sp³-hybridized carbons (Fsp3) is 0.263. The van der Waals surface area contributed by atoms with Crippen LogP contribution in [0.25, 0.3) is 0 Å². The quantitative estimate of drug-likeness (QED) is 0.521. The molecular formula is C19H20ClN2O4S+. The van der Waals surface area contributed by atoms with E-state index in [1.165, 1.54) is 18.3 Å². The number of anilines is 1. The number of amides is 1. The molecular weight excluding hydrogens is 388 g/mol. The number of ether oxygens (including phenoxy) is 2. The standard InChI is InChI=1S/C19H19ClN2O4S/c1-3-6-22(9-13-4-5-18(20)27-13)10-19(24)21-15-8-17-16(25-11-26-17)7-14(15)12(2)23/h3-5,7-8H,1,6,9-11H2,2H3,(H,21,24)/p+1. The van der Waals surface area contributed by atoms with Gasteiger partial charge in [0, 0.05) is 11.6 Å². The number of hydrogen-bond acceptors (Lipinski definition) is 5. The topological polar surface area (TPSA) is 69.1 Å². The number of quaternary nitrogens is 1. The van der Waals surface area contributed by atoms with E-state index >= 15 is 0 Å². The first-order chi connectivity index (χ1) is 13.0. The Balaban J connectivity index is 1.72. The Kier molecular flexibility index (Phi) is 6.15. The first-order valence-corrected chi connectivity index (χ1v) is 9.59. The van der Waals surface area contributed by atoms with Crippen molar-refractivity contribution in [2.45, 2.75) is 13.5 Å². The van der Waals surface area contributed by atoms with Crippen LogP contribution in [0.5, 0.6) is 11.5 Å². The van der Waals surface area contributed by atoms with Gasteiger partial charge in [-0.3, -0.25) is 9.59 Å². The van der Waals surface area contributed by atoms with Gasteiger partial charge in [0.2, 0.25) is 6.79 Å². The van der Waals surface area contributed by atoms with Gasteiger partial charge < -0.3 is 19.7 Å². The Morgan fingerprint density at radius 1 is 1.33 bits per heavy atom. The normalized spacial score (nSPS) is 13.3. The number of rotatable bonds is 8. The molecule has 2 aromatic rings. The van der Waals surface area contributed by atoms with Crippen LogP contribution in [-0.2, 0) is 11.3 Å². The first kappa shape index (κ1) is 19.4. The van der Waals surface area contributed by atoms with Gasteiger partial charge in [0.15, 0.2) is 23.8 Å². The Bertz CT molecular complexity index is 881. The summed E-state index contributed by atoms with van der Waals surface area (Å²) >= 11 is 7.48. The third-order valence-electron chi connectivity index (χ3n) is 4.06. The minimum Gasteiger partial charge on any atom is -0.454 e. The number of halogens is 1. The summed E-state index contributed by atoms with van der Waals surface area (Å²) in [5, 5.41) is 2.83. The Morgan fingerprint density at radius 3 is 2.70 bits per heavy atom. The molecule has 0 spiro atoms. The summed E-state index contributed by atoms with van der Waals surface area (Å²) < 4.78 is 11.4. The molecule has 1 atom stereocenters. The van der Waals surface area contributed by atoms with Crippen molar-refractivity contribution in [1.82, 2.24) is 0 Å². The molecule has 3 rings (SSSR count). The number of hydrogen-bond donors (Lipinski definition) is 2. The van der Waals surface area contributed by atoms with Crippen LogP contribution < -0.4 is 19.7 Å². The van der Waals surface area contributed by atoms with E-state index in [-0.39, 0.29) is 25.0 Å². The molecule has 0 fully saturated rings. The zero-order valence-corrected chi connectivity index (χ0v) is 16.4. The van der Waals surface area contributed by atoms with Crippen LogP contribution >= 0.6 is 22.9 Å². The molecule has 1 unspecified atom stereocenters. The molecule has 1 aliphatic rings. The van der Waals surface area contributed by atoms with Gasteiger partial charge in [-0.2, -0.15) is 0 Å². The molecule has 6 nitrogen and oxygen atoms in total. The molecule has 0 saturated heterocycles. The maximum absolute atomic E-state index is 12.6. The predicted molar refractivity (Wildman–Crippen MR) is 105 cm³/mol. The number of benzene rings is 1. The van der Waals surface area contributed by atoms with E-state index in [2.05, 4.69) is 11.9 Å². The number of carbonyl (C=O) groups excluding carboxylic acids is 2. The fourth-order valence-corrected chi connectivity index (χ4v) is 4.02. The van der Waals surface area contributed by atoms with Gasteiger partial charge in [-0.1, -0.05) is 18.2 Å². The lowest BCUT2D eigenvalue weighted by atomic mass is 10.1. The van der Waals surface area contributed by atoms with Gasteiger partial charge in [0.25, 0.3) is 5.91 Å². The minimum absolute atomic E-state index is 0.102. The second-order valence-corrected chi connectivity index (χ2v) is 7.96. The Morgan fingerprint density at radius 2 is 2.07 bits per heavy atom. The highest BCUT2D eigenvalue weighted by Gasteiger charge is 2.22. The van der Waals surface area contributed by atoms with Crippen LogP contribution in [0.4, 0.5) is 5.69 Å². The van der Waals surface area contributed by atoms with Crippen molar-refractivity contribution in [1.29, 1.82) is 0 Å². The van der Waals surface area contributed by atoms with E-state index in [1.54, 1.807) is 18.2 Å². The molecule has 1 aromatic carbocycles. The van der Waals surface area contributed by atoms with Gasteiger partial charge in [-0.05, 0) is 31.2 Å². The number of carbonyl (C=O) groups is 2. The monoisotopic (exact) mass is 407 g/mol. The van der Waals surface area contributed by atoms with Gasteiger partial charge in [0.1, 0.15) is 6.54 Å². The van der Waals surface area contributed by atoms with Crippen molar-refractivity contribution >= 4 is 40.3 Å². The Labute approximate surface area is 166 Å². The molecule has 0 aliphatic carbocycles. The van der Waals surface area contributed by atoms with Gasteiger partial charge in [-0.15, -0.1) is 11.3 Å². The highest BCUT2D eigenvalue weighted by Crippen LogP contribution is 2.37. The van der Waals surface area contributed by atoms with E-state index in [1.807, 2.05) is 12.1 Å². The van der Waals surface area contributed by atoms with Crippen LogP contribution in [0, 0.1) is 0 Å². The van der Waals surface area contributed by atoms with E-state index in [4.69, 9.17) is 21.1 Å². The summed E-state index contributed by atoms with van der Waals surface area (Å²) in [6.45, 7) is 6.84. The summed E-state index contributed by atoms with van der Waals surface area (Å²) in [4.78, 5) is 26.6. The smallest absolute Gasteiger partial charge is 0.279 e. The molecule has 2 N–H and O–H groups in total. The molecule has 142 valence electrons. The van der Waals surface area contributed by atoms with Crippen molar-refractivity contribution < 1.29 is 24.0 Å². The van der Waals surface area contributed by atoms with Crippen molar-refractivity contribution in [3.05, 3.63) is 51.7 Å². The second kappa shape index (κ2) is 8.56. The fourth-order valence-electron chi connectivity index (χ4n) is 2.86. The number of fused-ring (bicyclic) bond motifs is 1. The zero-order valence-electron chi connectivity index (χ0n) is 14.8. The number of nitrogens with one attached hydrogen (secondary N) is 2. The van der Waals surface area contributed by atoms with E-state index in [0.717, 1.165) is 14.1 Å². The number of ketones is 1. The largest absolute Gasteiger partial charge is 0.454 e. The summed E-state index contributed by atoms with van der Waals surface area (Å²) in [6.07, 6.45) is 1.78. The van der Waals surface area contributed by atoms with E-state index in [0.29, 0.717) is 35.8 Å². The third kappa shape index (κ3) is 4.88.